The van der Waals surface area contributed by atoms with Gasteiger partial charge in [0.15, 0.2) is 0 Å². The first kappa shape index (κ1) is 13.0. The Kier molecular flexibility index (Phi) is 4.33. The summed E-state index contributed by atoms with van der Waals surface area (Å²) >= 11 is 5.73. The van der Waals surface area contributed by atoms with E-state index in [1.165, 1.54) is 12.1 Å². The molecule has 0 spiro atoms. The van der Waals surface area contributed by atoms with Gasteiger partial charge in [-0.1, -0.05) is 11.6 Å². The largest absolute Gasteiger partial charge is 0.381 e. The maximum absolute atomic E-state index is 10.8. The van der Waals surface area contributed by atoms with Crippen LogP contribution >= 0.6 is 11.6 Å². The van der Waals surface area contributed by atoms with Crippen LogP contribution in [0.15, 0.2) is 12.1 Å². The highest BCUT2D eigenvalue weighted by Crippen LogP contribution is 2.24. The van der Waals surface area contributed by atoms with E-state index in [0.717, 1.165) is 26.1 Å². The quantitative estimate of drug-likeness (QED) is 0.506. The minimum atomic E-state index is -0.468. The maximum Gasteiger partial charge on any atom is 0.311 e. The van der Waals surface area contributed by atoms with Crippen molar-refractivity contribution in [2.45, 2.75) is 12.8 Å². The normalized spacial score (nSPS) is 18.8. The van der Waals surface area contributed by atoms with E-state index in [2.05, 4.69) is 10.3 Å². The molecular weight excluding hydrogens is 258 g/mol. The molecule has 1 aliphatic heterocycles. The number of nitro groups is 1. The van der Waals surface area contributed by atoms with Crippen molar-refractivity contribution < 1.29 is 9.66 Å². The maximum atomic E-state index is 10.8. The van der Waals surface area contributed by atoms with Crippen LogP contribution < -0.4 is 5.32 Å². The molecule has 1 aliphatic rings. The second-order valence-electron chi connectivity index (χ2n) is 4.20. The second-order valence-corrected chi connectivity index (χ2v) is 4.59. The molecule has 0 bridgehead atoms. The van der Waals surface area contributed by atoms with Gasteiger partial charge in [0, 0.05) is 25.8 Å². The number of aromatic nitrogens is 1. The zero-order valence-corrected chi connectivity index (χ0v) is 10.5. The zero-order valence-electron chi connectivity index (χ0n) is 9.76. The Bertz CT molecular complexity index is 436. The summed E-state index contributed by atoms with van der Waals surface area (Å²) in [5, 5.41) is 14.0. The molecule has 0 aromatic carbocycles. The van der Waals surface area contributed by atoms with Gasteiger partial charge in [-0.05, 0) is 24.8 Å². The fraction of sp³-hybridized carbons (Fsp3) is 0.545. The minimum Gasteiger partial charge on any atom is -0.381 e. The van der Waals surface area contributed by atoms with Gasteiger partial charge in [-0.2, -0.15) is 0 Å². The summed E-state index contributed by atoms with van der Waals surface area (Å²) < 4.78 is 5.27. The van der Waals surface area contributed by atoms with Gasteiger partial charge >= 0.3 is 5.69 Å². The third-order valence-corrected chi connectivity index (χ3v) is 3.12. The molecule has 1 aromatic rings. The van der Waals surface area contributed by atoms with Crippen LogP contribution in [0.5, 0.6) is 0 Å². The molecule has 1 atom stereocenters. The second kappa shape index (κ2) is 5.97. The lowest BCUT2D eigenvalue weighted by Gasteiger charge is -2.09. The van der Waals surface area contributed by atoms with Gasteiger partial charge in [-0.25, -0.2) is 4.98 Å². The van der Waals surface area contributed by atoms with Gasteiger partial charge in [-0.3, -0.25) is 10.1 Å². The topological polar surface area (TPSA) is 77.3 Å². The van der Waals surface area contributed by atoms with E-state index in [1.807, 2.05) is 0 Å². The number of nitrogens with one attached hydrogen (secondary N) is 1. The highest BCUT2D eigenvalue weighted by Gasteiger charge is 2.18. The molecule has 0 radical (unpaired) electrons. The van der Waals surface area contributed by atoms with E-state index in [-0.39, 0.29) is 16.7 Å². The summed E-state index contributed by atoms with van der Waals surface area (Å²) in [5.74, 6) is 0.752. The van der Waals surface area contributed by atoms with Crippen LogP contribution in [0, 0.1) is 16.0 Å². The Morgan fingerprint density at radius 1 is 1.61 bits per heavy atom. The number of ether oxygens (including phenoxy) is 1. The van der Waals surface area contributed by atoms with Gasteiger partial charge < -0.3 is 10.1 Å². The summed E-state index contributed by atoms with van der Waals surface area (Å²) in [7, 11) is 0. The average molecular weight is 272 g/mol. The first-order chi connectivity index (χ1) is 8.66. The van der Waals surface area contributed by atoms with Crippen molar-refractivity contribution in [1.29, 1.82) is 0 Å². The van der Waals surface area contributed by atoms with Crippen molar-refractivity contribution in [2.24, 2.45) is 5.92 Å². The van der Waals surface area contributed by atoms with Gasteiger partial charge in [-0.15, -0.1) is 0 Å². The molecule has 2 rings (SSSR count). The summed E-state index contributed by atoms with van der Waals surface area (Å²) in [5.41, 5.74) is -0.0536. The fourth-order valence-corrected chi connectivity index (χ4v) is 2.06. The van der Waals surface area contributed by atoms with Crippen molar-refractivity contribution in [3.63, 3.8) is 0 Å². The number of nitrogens with zero attached hydrogens (tertiary/aromatic N) is 2. The molecule has 2 heterocycles. The Morgan fingerprint density at radius 2 is 2.44 bits per heavy atom. The molecule has 1 unspecified atom stereocenters. The lowest BCUT2D eigenvalue weighted by molar-refractivity contribution is -0.384. The average Bonchev–Trinajstić information content (AvgIpc) is 2.82. The molecule has 1 N–H and O–H groups in total. The van der Waals surface area contributed by atoms with Crippen LogP contribution in [0.2, 0.25) is 5.15 Å². The Hall–Kier alpha value is -1.40. The van der Waals surface area contributed by atoms with Gasteiger partial charge in [0.1, 0.15) is 5.15 Å². The molecule has 98 valence electrons. The molecule has 7 heteroatoms. The summed E-state index contributed by atoms with van der Waals surface area (Å²) in [6.45, 7) is 2.20. The standard InChI is InChI=1S/C11H14ClN3O3/c12-10-2-1-9(15(16)17)11(14-10)13-5-3-8-4-6-18-7-8/h1-2,8H,3-7H2,(H,13,14). The fourth-order valence-electron chi connectivity index (χ4n) is 1.91. The van der Waals surface area contributed by atoms with Crippen molar-refractivity contribution in [3.05, 3.63) is 27.4 Å². The van der Waals surface area contributed by atoms with Crippen molar-refractivity contribution in [3.8, 4) is 0 Å². The van der Waals surface area contributed by atoms with Gasteiger partial charge in [0.25, 0.3) is 0 Å². The van der Waals surface area contributed by atoms with E-state index < -0.39 is 4.92 Å². The Labute approximate surface area is 109 Å². The lowest BCUT2D eigenvalue weighted by Crippen LogP contribution is -2.11. The summed E-state index contributed by atoms with van der Waals surface area (Å²) in [4.78, 5) is 14.3. The number of hydrogen-bond donors (Lipinski definition) is 1. The van der Waals surface area contributed by atoms with Crippen LogP contribution in [0.3, 0.4) is 0 Å². The number of rotatable bonds is 5. The Morgan fingerprint density at radius 3 is 3.11 bits per heavy atom. The van der Waals surface area contributed by atoms with Crippen molar-refractivity contribution >= 4 is 23.1 Å². The van der Waals surface area contributed by atoms with Crippen LogP contribution in [-0.4, -0.2) is 29.7 Å². The number of pyridine rings is 1. The molecule has 6 nitrogen and oxygen atoms in total. The number of halogens is 1. The third kappa shape index (κ3) is 3.30. The molecule has 18 heavy (non-hydrogen) atoms. The molecule has 1 aromatic heterocycles. The van der Waals surface area contributed by atoms with Crippen LogP contribution in [0.4, 0.5) is 11.5 Å². The zero-order chi connectivity index (χ0) is 13.0. The number of hydrogen-bond acceptors (Lipinski definition) is 5. The summed E-state index contributed by atoms with van der Waals surface area (Å²) in [6.07, 6.45) is 1.96. The third-order valence-electron chi connectivity index (χ3n) is 2.91. The first-order valence-electron chi connectivity index (χ1n) is 5.79. The van der Waals surface area contributed by atoms with Gasteiger partial charge in [0.2, 0.25) is 5.82 Å². The predicted octanol–water partition coefficient (Wildman–Crippen LogP) is 2.48. The first-order valence-corrected chi connectivity index (χ1v) is 6.17. The SMILES string of the molecule is O=[N+]([O-])c1ccc(Cl)nc1NCCC1CCOC1. The van der Waals surface area contributed by atoms with Crippen LogP contribution in [-0.2, 0) is 4.74 Å². The van der Waals surface area contributed by atoms with E-state index in [9.17, 15) is 10.1 Å². The Balaban J connectivity index is 1.94. The molecule has 1 saturated heterocycles. The smallest absolute Gasteiger partial charge is 0.311 e. The highest BCUT2D eigenvalue weighted by molar-refractivity contribution is 6.29. The molecular formula is C11H14ClN3O3. The van der Waals surface area contributed by atoms with Crippen LogP contribution in [0.1, 0.15) is 12.8 Å². The summed E-state index contributed by atoms with van der Waals surface area (Å²) in [6, 6.07) is 2.77. The van der Waals surface area contributed by atoms with E-state index in [1.54, 1.807) is 0 Å². The van der Waals surface area contributed by atoms with E-state index >= 15 is 0 Å². The predicted molar refractivity (Wildman–Crippen MR) is 67.9 cm³/mol. The molecule has 0 aliphatic carbocycles. The number of anilines is 1. The van der Waals surface area contributed by atoms with E-state index in [0.29, 0.717) is 12.5 Å². The monoisotopic (exact) mass is 271 g/mol. The van der Waals surface area contributed by atoms with E-state index in [4.69, 9.17) is 16.3 Å². The molecule has 1 fully saturated rings. The molecule has 0 amide bonds. The highest BCUT2D eigenvalue weighted by atomic mass is 35.5. The minimum absolute atomic E-state index is 0.0536. The van der Waals surface area contributed by atoms with Crippen molar-refractivity contribution in [2.75, 3.05) is 25.1 Å². The van der Waals surface area contributed by atoms with Crippen molar-refractivity contribution in [1.82, 2.24) is 4.98 Å². The lowest BCUT2D eigenvalue weighted by atomic mass is 10.1. The van der Waals surface area contributed by atoms with Crippen LogP contribution in [0.25, 0.3) is 0 Å². The molecule has 0 saturated carbocycles. The van der Waals surface area contributed by atoms with Gasteiger partial charge in [0.05, 0.1) is 4.92 Å².